The first kappa shape index (κ1) is 14.9. The van der Waals surface area contributed by atoms with Crippen molar-refractivity contribution in [2.75, 3.05) is 0 Å². The molecule has 1 amide bonds. The molecule has 0 atom stereocenters. The molecule has 1 aromatic carbocycles. The molecule has 0 aliphatic heterocycles. The Hall–Kier alpha value is -2.54. The fourth-order valence-corrected chi connectivity index (χ4v) is 2.31. The fraction of sp³-hybridized carbons (Fsp3) is 0.143. The largest absolute Gasteiger partial charge is 0.324 e. The first-order valence-electron chi connectivity index (χ1n) is 6.26. The van der Waals surface area contributed by atoms with E-state index in [9.17, 15) is 14.9 Å². The number of hydrazone groups is 1. The summed E-state index contributed by atoms with van der Waals surface area (Å²) in [6.07, 6.45) is 2.30. The highest BCUT2D eigenvalue weighted by Gasteiger charge is 2.08. The van der Waals surface area contributed by atoms with E-state index in [1.54, 1.807) is 18.2 Å². The quantitative estimate of drug-likeness (QED) is 0.523. The Labute approximate surface area is 125 Å². The number of thiophene rings is 1. The summed E-state index contributed by atoms with van der Waals surface area (Å²) in [5, 5.41) is 14.4. The standard InChI is InChI=1S/C14H13N3O3S/c1-2-10-3-5-11(6-4-10)14(18)16-15-9-12-7-8-13(21-12)17(19)20/h3-9H,2H2,1H3,(H,16,18)/b15-9+. The molecule has 0 aliphatic carbocycles. The zero-order chi connectivity index (χ0) is 15.2. The van der Waals surface area contributed by atoms with Crippen LogP contribution in [0.3, 0.4) is 0 Å². The van der Waals surface area contributed by atoms with Crippen molar-refractivity contribution in [2.45, 2.75) is 13.3 Å². The molecule has 6 nitrogen and oxygen atoms in total. The van der Waals surface area contributed by atoms with Crippen LogP contribution in [0.5, 0.6) is 0 Å². The molecule has 1 heterocycles. The summed E-state index contributed by atoms with van der Waals surface area (Å²) in [6.45, 7) is 2.04. The van der Waals surface area contributed by atoms with E-state index in [1.807, 2.05) is 19.1 Å². The monoisotopic (exact) mass is 303 g/mol. The lowest BCUT2D eigenvalue weighted by Crippen LogP contribution is -2.17. The molecule has 1 N–H and O–H groups in total. The van der Waals surface area contributed by atoms with Crippen LogP contribution in [0.15, 0.2) is 41.5 Å². The van der Waals surface area contributed by atoms with Gasteiger partial charge in [-0.25, -0.2) is 5.43 Å². The first-order chi connectivity index (χ1) is 10.1. The van der Waals surface area contributed by atoms with Crippen LogP contribution in [0.25, 0.3) is 0 Å². The van der Waals surface area contributed by atoms with Crippen LogP contribution in [0, 0.1) is 10.1 Å². The smallest absolute Gasteiger partial charge is 0.267 e. The van der Waals surface area contributed by atoms with Crippen molar-refractivity contribution in [3.8, 4) is 0 Å². The normalized spacial score (nSPS) is 10.7. The van der Waals surface area contributed by atoms with Crippen molar-refractivity contribution in [3.05, 3.63) is 62.5 Å². The number of carbonyl (C=O) groups excluding carboxylic acids is 1. The number of nitrogens with one attached hydrogen (secondary N) is 1. The lowest BCUT2D eigenvalue weighted by atomic mass is 10.1. The van der Waals surface area contributed by atoms with Gasteiger partial charge in [0.05, 0.1) is 16.0 Å². The Morgan fingerprint density at radius 3 is 2.62 bits per heavy atom. The number of nitrogens with zero attached hydrogens (tertiary/aromatic N) is 2. The number of aryl methyl sites for hydroxylation is 1. The zero-order valence-electron chi connectivity index (χ0n) is 11.3. The van der Waals surface area contributed by atoms with Gasteiger partial charge in [0, 0.05) is 11.6 Å². The fourth-order valence-electron chi connectivity index (χ4n) is 1.62. The SMILES string of the molecule is CCc1ccc(C(=O)N/N=C/c2ccc([N+](=O)[O-])s2)cc1. The summed E-state index contributed by atoms with van der Waals surface area (Å²) in [6, 6.07) is 10.2. The van der Waals surface area contributed by atoms with Crippen LogP contribution in [0.4, 0.5) is 5.00 Å². The van der Waals surface area contributed by atoms with Gasteiger partial charge in [-0.1, -0.05) is 30.4 Å². The Bertz CT molecular complexity index is 677. The molecule has 108 valence electrons. The maximum Gasteiger partial charge on any atom is 0.324 e. The maximum atomic E-state index is 11.8. The van der Waals surface area contributed by atoms with Gasteiger partial charge in [0.2, 0.25) is 0 Å². The van der Waals surface area contributed by atoms with Crippen molar-refractivity contribution in [2.24, 2.45) is 5.10 Å². The Kier molecular flexibility index (Phi) is 4.78. The predicted molar refractivity (Wildman–Crippen MR) is 81.9 cm³/mol. The molecule has 2 rings (SSSR count). The van der Waals surface area contributed by atoms with Crippen LogP contribution in [0.2, 0.25) is 0 Å². The molecule has 0 saturated carbocycles. The van der Waals surface area contributed by atoms with E-state index < -0.39 is 4.92 Å². The van der Waals surface area contributed by atoms with Gasteiger partial charge in [-0.3, -0.25) is 14.9 Å². The average Bonchev–Trinajstić information content (AvgIpc) is 2.96. The maximum absolute atomic E-state index is 11.8. The number of rotatable bonds is 5. The number of nitro groups is 1. The summed E-state index contributed by atoms with van der Waals surface area (Å²) < 4.78 is 0. The Morgan fingerprint density at radius 2 is 2.05 bits per heavy atom. The lowest BCUT2D eigenvalue weighted by Gasteiger charge is -2.00. The van der Waals surface area contributed by atoms with Crippen molar-refractivity contribution in [3.63, 3.8) is 0 Å². The number of hydrogen-bond acceptors (Lipinski definition) is 5. The van der Waals surface area contributed by atoms with Gasteiger partial charge in [0.1, 0.15) is 0 Å². The van der Waals surface area contributed by atoms with E-state index in [1.165, 1.54) is 12.3 Å². The minimum atomic E-state index is -0.462. The third-order valence-corrected chi connectivity index (χ3v) is 3.75. The van der Waals surface area contributed by atoms with Gasteiger partial charge in [-0.15, -0.1) is 0 Å². The third kappa shape index (κ3) is 3.96. The van der Waals surface area contributed by atoms with Crippen LogP contribution >= 0.6 is 11.3 Å². The van der Waals surface area contributed by atoms with Crippen molar-refractivity contribution in [1.29, 1.82) is 0 Å². The summed E-state index contributed by atoms with van der Waals surface area (Å²) in [5.41, 5.74) is 4.06. The van der Waals surface area contributed by atoms with Crippen LogP contribution in [-0.4, -0.2) is 17.0 Å². The van der Waals surface area contributed by atoms with Crippen LogP contribution in [0.1, 0.15) is 27.7 Å². The Morgan fingerprint density at radius 1 is 1.33 bits per heavy atom. The van der Waals surface area contributed by atoms with E-state index in [0.717, 1.165) is 23.3 Å². The minimum absolute atomic E-state index is 0.0398. The highest BCUT2D eigenvalue weighted by molar-refractivity contribution is 7.16. The summed E-state index contributed by atoms with van der Waals surface area (Å²) in [4.78, 5) is 22.5. The van der Waals surface area contributed by atoms with E-state index in [2.05, 4.69) is 10.5 Å². The number of amides is 1. The molecule has 7 heteroatoms. The van der Waals surface area contributed by atoms with Gasteiger partial charge in [0.15, 0.2) is 0 Å². The molecular weight excluding hydrogens is 290 g/mol. The van der Waals surface area contributed by atoms with E-state index in [-0.39, 0.29) is 10.9 Å². The van der Waals surface area contributed by atoms with Gasteiger partial charge in [0.25, 0.3) is 5.91 Å². The molecule has 0 aliphatic rings. The second-order valence-electron chi connectivity index (χ2n) is 4.18. The molecule has 0 fully saturated rings. The minimum Gasteiger partial charge on any atom is -0.267 e. The van der Waals surface area contributed by atoms with Crippen molar-refractivity contribution < 1.29 is 9.72 Å². The Balaban J connectivity index is 1.95. The molecule has 1 aromatic heterocycles. The van der Waals surface area contributed by atoms with Crippen molar-refractivity contribution >= 4 is 28.5 Å². The van der Waals surface area contributed by atoms with Gasteiger partial charge in [-0.05, 0) is 30.2 Å². The molecule has 0 saturated heterocycles. The lowest BCUT2D eigenvalue weighted by molar-refractivity contribution is -0.380. The number of benzene rings is 1. The summed E-state index contributed by atoms with van der Waals surface area (Å²) in [5.74, 6) is -0.319. The second-order valence-corrected chi connectivity index (χ2v) is 5.28. The van der Waals surface area contributed by atoms with Crippen LogP contribution < -0.4 is 5.43 Å². The predicted octanol–water partition coefficient (Wildman–Crippen LogP) is 2.98. The molecule has 0 unspecified atom stereocenters. The van der Waals surface area contributed by atoms with Crippen molar-refractivity contribution in [1.82, 2.24) is 5.43 Å². The molecule has 0 radical (unpaired) electrons. The van der Waals surface area contributed by atoms with Gasteiger partial charge < -0.3 is 0 Å². The summed E-state index contributed by atoms with van der Waals surface area (Å²) >= 11 is 0.994. The summed E-state index contributed by atoms with van der Waals surface area (Å²) in [7, 11) is 0. The van der Waals surface area contributed by atoms with Gasteiger partial charge >= 0.3 is 5.00 Å². The van der Waals surface area contributed by atoms with E-state index >= 15 is 0 Å². The number of hydrogen-bond donors (Lipinski definition) is 1. The molecule has 0 spiro atoms. The average molecular weight is 303 g/mol. The number of carbonyl (C=O) groups is 1. The highest BCUT2D eigenvalue weighted by atomic mass is 32.1. The zero-order valence-corrected chi connectivity index (χ0v) is 12.1. The van der Waals surface area contributed by atoms with Crippen LogP contribution in [-0.2, 0) is 6.42 Å². The molecule has 21 heavy (non-hydrogen) atoms. The van der Waals surface area contributed by atoms with E-state index in [0.29, 0.717) is 10.4 Å². The molecular formula is C14H13N3O3S. The second kappa shape index (κ2) is 6.76. The van der Waals surface area contributed by atoms with Gasteiger partial charge in [-0.2, -0.15) is 5.10 Å². The molecule has 0 bridgehead atoms. The first-order valence-corrected chi connectivity index (χ1v) is 7.08. The molecule has 2 aromatic rings. The van der Waals surface area contributed by atoms with E-state index in [4.69, 9.17) is 0 Å². The highest BCUT2D eigenvalue weighted by Crippen LogP contribution is 2.22. The topological polar surface area (TPSA) is 84.6 Å². The third-order valence-electron chi connectivity index (χ3n) is 2.77.